The van der Waals surface area contributed by atoms with Gasteiger partial charge in [0.05, 0.1) is 41.7 Å². The van der Waals surface area contributed by atoms with E-state index in [1.54, 1.807) is 30.0 Å². The summed E-state index contributed by atoms with van der Waals surface area (Å²) < 4.78 is 7.20. The van der Waals surface area contributed by atoms with E-state index < -0.39 is 0 Å². The highest BCUT2D eigenvalue weighted by molar-refractivity contribution is 8.00. The summed E-state index contributed by atoms with van der Waals surface area (Å²) in [5.41, 5.74) is 5.31. The van der Waals surface area contributed by atoms with Gasteiger partial charge in [0.1, 0.15) is 18.1 Å². The van der Waals surface area contributed by atoms with Crippen LogP contribution in [0.25, 0.3) is 5.69 Å². The largest absolute Gasteiger partial charge is 0.497 e. The number of rotatable bonds is 7. The highest BCUT2D eigenvalue weighted by atomic mass is 32.2. The van der Waals surface area contributed by atoms with Crippen molar-refractivity contribution < 1.29 is 14.3 Å². The predicted molar refractivity (Wildman–Crippen MR) is 163 cm³/mol. The molecule has 0 radical (unpaired) electrons. The van der Waals surface area contributed by atoms with Crippen molar-refractivity contribution in [3.63, 3.8) is 0 Å². The standard InChI is InChI=1S/C32H35N5O3S/c1-21-10-6-7-12-25(21)29-28-30(32(2,3)4)35-37(23-13-15-24(40-5)16-14-23)31(28)36(27(39)20-41-29)19-26(38)34-18-22-11-8-9-17-33-22/h6-17,29H,18-20H2,1-5H3,(H,34,38)/t29-/m1/s1. The highest BCUT2D eigenvalue weighted by Gasteiger charge is 2.40. The van der Waals surface area contributed by atoms with E-state index in [1.807, 2.05) is 59.3 Å². The third-order valence-corrected chi connectivity index (χ3v) is 8.32. The molecule has 0 aliphatic carbocycles. The van der Waals surface area contributed by atoms with E-state index in [2.05, 4.69) is 50.1 Å². The number of ether oxygens (including phenoxy) is 1. The molecule has 8 nitrogen and oxygen atoms in total. The number of amides is 2. The van der Waals surface area contributed by atoms with E-state index >= 15 is 0 Å². The first kappa shape index (κ1) is 28.4. The number of anilines is 1. The molecule has 2 aromatic heterocycles. The number of pyridine rings is 1. The second-order valence-electron chi connectivity index (χ2n) is 11.1. The number of nitrogens with one attached hydrogen (secondary N) is 1. The number of nitrogens with zero attached hydrogens (tertiary/aromatic N) is 4. The third-order valence-electron chi connectivity index (χ3n) is 7.08. The molecular formula is C32H35N5O3S. The van der Waals surface area contributed by atoms with Gasteiger partial charge in [-0.2, -0.15) is 5.10 Å². The molecule has 2 aromatic carbocycles. The first-order chi connectivity index (χ1) is 19.7. The summed E-state index contributed by atoms with van der Waals surface area (Å²) in [6, 6.07) is 21.4. The van der Waals surface area contributed by atoms with Gasteiger partial charge in [0.25, 0.3) is 0 Å². The fourth-order valence-corrected chi connectivity index (χ4v) is 6.29. The van der Waals surface area contributed by atoms with Crippen LogP contribution in [0.15, 0.2) is 72.9 Å². The van der Waals surface area contributed by atoms with Crippen molar-refractivity contribution in [3.05, 3.63) is 101 Å². The lowest BCUT2D eigenvalue weighted by Crippen LogP contribution is -2.42. The summed E-state index contributed by atoms with van der Waals surface area (Å²) in [6.45, 7) is 8.62. The minimum atomic E-state index is -0.330. The number of aryl methyl sites for hydroxylation is 1. The maximum atomic E-state index is 13.8. The molecule has 212 valence electrons. The van der Waals surface area contributed by atoms with Crippen molar-refractivity contribution in [2.24, 2.45) is 0 Å². The zero-order valence-electron chi connectivity index (χ0n) is 24.0. The van der Waals surface area contributed by atoms with E-state index in [-0.39, 0.29) is 41.3 Å². The summed E-state index contributed by atoms with van der Waals surface area (Å²) in [5, 5.41) is 7.94. The molecular weight excluding hydrogens is 534 g/mol. The van der Waals surface area contributed by atoms with Crippen LogP contribution in [-0.2, 0) is 21.5 Å². The zero-order valence-corrected chi connectivity index (χ0v) is 24.9. The summed E-state index contributed by atoms with van der Waals surface area (Å²) in [6.07, 6.45) is 1.69. The molecule has 0 saturated heterocycles. The van der Waals surface area contributed by atoms with Gasteiger partial charge in [-0.25, -0.2) is 4.68 Å². The van der Waals surface area contributed by atoms with Gasteiger partial charge in [-0.15, -0.1) is 11.8 Å². The number of hydrogen-bond acceptors (Lipinski definition) is 6. The van der Waals surface area contributed by atoms with Crippen LogP contribution in [0.2, 0.25) is 0 Å². The second-order valence-corrected chi connectivity index (χ2v) is 12.2. The number of carbonyl (C=O) groups excluding carboxylic acids is 2. The van der Waals surface area contributed by atoms with Gasteiger partial charge in [-0.3, -0.25) is 19.5 Å². The molecule has 1 N–H and O–H groups in total. The summed E-state index contributed by atoms with van der Waals surface area (Å²) in [7, 11) is 1.63. The average molecular weight is 570 g/mol. The Labute approximate surface area is 245 Å². The lowest BCUT2D eigenvalue weighted by Gasteiger charge is -2.25. The third kappa shape index (κ3) is 6.00. The van der Waals surface area contributed by atoms with Gasteiger partial charge < -0.3 is 10.1 Å². The van der Waals surface area contributed by atoms with Gasteiger partial charge >= 0.3 is 0 Å². The molecule has 0 bridgehead atoms. The SMILES string of the molecule is COc1ccc(-n2nc(C(C)(C)C)c3c2N(CC(=O)NCc2ccccn2)C(=O)CS[C@@H]3c2ccccc2C)cc1. The Balaban J connectivity index is 1.66. The molecule has 4 aromatic rings. The minimum Gasteiger partial charge on any atom is -0.497 e. The molecule has 0 unspecified atom stereocenters. The highest BCUT2D eigenvalue weighted by Crippen LogP contribution is 2.49. The maximum absolute atomic E-state index is 13.8. The van der Waals surface area contributed by atoms with Crippen LogP contribution in [0, 0.1) is 6.92 Å². The maximum Gasteiger partial charge on any atom is 0.240 e. The number of thioether (sulfide) groups is 1. The Morgan fingerprint density at radius 2 is 1.80 bits per heavy atom. The van der Waals surface area contributed by atoms with E-state index in [1.165, 1.54) is 0 Å². The predicted octanol–water partition coefficient (Wildman–Crippen LogP) is 5.37. The van der Waals surface area contributed by atoms with Crippen LogP contribution in [0.4, 0.5) is 5.82 Å². The Bertz CT molecular complexity index is 1540. The van der Waals surface area contributed by atoms with Crippen molar-refractivity contribution >= 4 is 29.4 Å². The van der Waals surface area contributed by atoms with Gasteiger partial charge in [0, 0.05) is 17.2 Å². The van der Waals surface area contributed by atoms with Crippen molar-refractivity contribution in [3.8, 4) is 11.4 Å². The van der Waals surface area contributed by atoms with Crippen LogP contribution in [0.3, 0.4) is 0 Å². The van der Waals surface area contributed by atoms with E-state index in [4.69, 9.17) is 9.84 Å². The van der Waals surface area contributed by atoms with Crippen LogP contribution in [-0.4, -0.2) is 46.0 Å². The zero-order chi connectivity index (χ0) is 29.1. The second kappa shape index (κ2) is 11.8. The number of fused-ring (bicyclic) bond motifs is 1. The van der Waals surface area contributed by atoms with Crippen LogP contribution in [0.5, 0.6) is 5.75 Å². The quantitative estimate of drug-likeness (QED) is 0.322. The molecule has 0 saturated carbocycles. The summed E-state index contributed by atoms with van der Waals surface area (Å²) in [4.78, 5) is 33.0. The first-order valence-electron chi connectivity index (χ1n) is 13.6. The topological polar surface area (TPSA) is 89.3 Å². The number of aromatic nitrogens is 3. The van der Waals surface area contributed by atoms with Crippen LogP contribution >= 0.6 is 11.8 Å². The smallest absolute Gasteiger partial charge is 0.240 e. The number of benzene rings is 2. The molecule has 2 amide bonds. The molecule has 1 aliphatic rings. The van der Waals surface area contributed by atoms with E-state index in [9.17, 15) is 9.59 Å². The summed E-state index contributed by atoms with van der Waals surface area (Å²) in [5.74, 6) is 1.16. The van der Waals surface area contributed by atoms with Crippen molar-refractivity contribution in [2.45, 2.75) is 44.9 Å². The van der Waals surface area contributed by atoms with Gasteiger partial charge in [0.2, 0.25) is 11.8 Å². The normalized spacial score (nSPS) is 15.3. The fourth-order valence-electron chi connectivity index (χ4n) is 4.99. The van der Waals surface area contributed by atoms with Crippen molar-refractivity contribution in [1.82, 2.24) is 20.1 Å². The molecule has 0 spiro atoms. The average Bonchev–Trinajstić information content (AvgIpc) is 3.31. The summed E-state index contributed by atoms with van der Waals surface area (Å²) >= 11 is 1.58. The Morgan fingerprint density at radius 1 is 1.07 bits per heavy atom. The van der Waals surface area contributed by atoms with Crippen LogP contribution in [0.1, 0.15) is 54.1 Å². The Morgan fingerprint density at radius 3 is 2.46 bits per heavy atom. The molecule has 9 heteroatoms. The number of methoxy groups -OCH3 is 1. The molecule has 41 heavy (non-hydrogen) atoms. The van der Waals surface area contributed by atoms with Gasteiger partial charge in [-0.05, 0) is 54.4 Å². The number of hydrogen-bond donors (Lipinski definition) is 1. The first-order valence-corrected chi connectivity index (χ1v) is 14.6. The lowest BCUT2D eigenvalue weighted by molar-refractivity contribution is -0.123. The molecule has 1 aliphatic heterocycles. The van der Waals surface area contributed by atoms with E-state index in [0.29, 0.717) is 5.82 Å². The van der Waals surface area contributed by atoms with E-state index in [0.717, 1.165) is 39.5 Å². The molecule has 1 atom stereocenters. The monoisotopic (exact) mass is 569 g/mol. The van der Waals surface area contributed by atoms with Crippen LogP contribution < -0.4 is 15.0 Å². The molecule has 3 heterocycles. The molecule has 5 rings (SSSR count). The molecule has 0 fully saturated rings. The van der Waals surface area contributed by atoms with Gasteiger partial charge in [0.15, 0.2) is 0 Å². The Kier molecular flexibility index (Phi) is 8.17. The minimum absolute atomic E-state index is 0.134. The fraction of sp³-hybridized carbons (Fsp3) is 0.312. The number of carbonyl (C=O) groups is 2. The van der Waals surface area contributed by atoms with Crippen molar-refractivity contribution in [2.75, 3.05) is 24.3 Å². The van der Waals surface area contributed by atoms with Crippen molar-refractivity contribution in [1.29, 1.82) is 0 Å². The Hall–Kier alpha value is -4.11. The lowest BCUT2D eigenvalue weighted by atomic mass is 9.86. The van der Waals surface area contributed by atoms with Gasteiger partial charge in [-0.1, -0.05) is 51.1 Å².